The van der Waals surface area contributed by atoms with Gasteiger partial charge in [-0.25, -0.2) is 4.98 Å². The lowest BCUT2D eigenvalue weighted by Crippen LogP contribution is -2.17. The van der Waals surface area contributed by atoms with E-state index in [4.69, 9.17) is 10.1 Å². The number of phenols is 1. The fraction of sp³-hybridized carbons (Fsp3) is 0.177. The van der Waals surface area contributed by atoms with Gasteiger partial charge in [-0.05, 0) is 118 Å². The van der Waals surface area contributed by atoms with E-state index in [0.29, 0.717) is 11.4 Å². The van der Waals surface area contributed by atoms with E-state index in [0.717, 1.165) is 88.8 Å². The molecule has 0 amide bonds. The maximum absolute atomic E-state index is 12.7. The van der Waals surface area contributed by atoms with Crippen LogP contribution in [0.1, 0.15) is 69.4 Å². The second kappa shape index (κ2) is 16.7. The van der Waals surface area contributed by atoms with Crippen molar-refractivity contribution < 1.29 is 5.11 Å². The highest BCUT2D eigenvalue weighted by molar-refractivity contribution is 6.03. The van der Waals surface area contributed by atoms with Crippen LogP contribution in [-0.2, 0) is 10.8 Å². The molecule has 330 valence electrons. The molecule has 10 rings (SSSR count). The molecule has 2 heterocycles. The van der Waals surface area contributed by atoms with Crippen LogP contribution in [0.4, 0.5) is 0 Å². The standard InChI is InChI=1S/C62H56N4O/c1-38-29-39(2)56(40(3)30-38)46-32-44(31-45(33-46)54-34-47(37-63-65-54)41-19-12-10-13-20-41)49-25-18-26-55-57(49)64-60(52-35-48(61(4,5)6)36-53(59(52)67)62(7,8)9)66(55)58-50-24-17-16-23-43(50)27-28-51(58)42-21-14-11-15-22-42/h10-37,67H,1-9H3. The molecule has 0 unspecified atom stereocenters. The summed E-state index contributed by atoms with van der Waals surface area (Å²) in [5.74, 6) is 0.916. The molecular formula is C62H56N4O. The number of aromatic hydroxyl groups is 1. The molecule has 10 aromatic rings. The van der Waals surface area contributed by atoms with Crippen LogP contribution >= 0.6 is 0 Å². The van der Waals surface area contributed by atoms with Gasteiger partial charge in [0.25, 0.3) is 0 Å². The highest BCUT2D eigenvalue weighted by atomic mass is 16.3. The largest absolute Gasteiger partial charge is 0.507 e. The molecule has 0 radical (unpaired) electrons. The van der Waals surface area contributed by atoms with Gasteiger partial charge in [0.05, 0.1) is 34.2 Å². The van der Waals surface area contributed by atoms with Crippen LogP contribution in [0.15, 0.2) is 170 Å². The predicted molar refractivity (Wildman–Crippen MR) is 280 cm³/mol. The van der Waals surface area contributed by atoms with E-state index >= 15 is 0 Å². The van der Waals surface area contributed by atoms with Gasteiger partial charge in [-0.2, -0.15) is 10.2 Å². The van der Waals surface area contributed by atoms with Gasteiger partial charge < -0.3 is 5.11 Å². The van der Waals surface area contributed by atoms with Crippen LogP contribution in [0, 0.1) is 20.8 Å². The zero-order chi connectivity index (χ0) is 46.8. The fourth-order valence-electron chi connectivity index (χ4n) is 9.90. The molecule has 5 heteroatoms. The maximum atomic E-state index is 12.7. The molecule has 0 aliphatic rings. The Morgan fingerprint density at radius 3 is 1.87 bits per heavy atom. The van der Waals surface area contributed by atoms with Crippen LogP contribution in [0.25, 0.3) is 94.6 Å². The van der Waals surface area contributed by atoms with Crippen LogP contribution in [0.2, 0.25) is 0 Å². The molecule has 67 heavy (non-hydrogen) atoms. The van der Waals surface area contributed by atoms with E-state index < -0.39 is 0 Å². The summed E-state index contributed by atoms with van der Waals surface area (Å²) in [6, 6.07) is 58.2. The first kappa shape index (κ1) is 43.3. The van der Waals surface area contributed by atoms with E-state index in [1.54, 1.807) is 0 Å². The first-order valence-corrected chi connectivity index (χ1v) is 23.2. The number of nitrogens with zero attached hydrogens (tertiary/aromatic N) is 4. The van der Waals surface area contributed by atoms with E-state index in [1.165, 1.54) is 22.3 Å². The quantitative estimate of drug-likeness (QED) is 0.173. The summed E-state index contributed by atoms with van der Waals surface area (Å²) in [6.07, 6.45) is 1.83. The molecule has 0 saturated heterocycles. The SMILES string of the molecule is Cc1cc(C)c(-c2cc(-c3cc(-c4ccccc4)cnn3)cc(-c3cccc4c3nc(-c3cc(C(C)(C)C)cc(C(C)(C)C)c3O)n4-c3c(-c4ccccc4)ccc4ccccc34)c2)c(C)c1. The van der Waals surface area contributed by atoms with E-state index in [2.05, 4.69) is 230 Å². The third-order valence-corrected chi connectivity index (χ3v) is 13.2. The van der Waals surface area contributed by atoms with E-state index in [-0.39, 0.29) is 16.6 Å². The third kappa shape index (κ3) is 7.99. The Kier molecular flexibility index (Phi) is 10.8. The average Bonchev–Trinajstić information content (AvgIpc) is 3.70. The minimum Gasteiger partial charge on any atom is -0.507 e. The lowest BCUT2D eigenvalue weighted by atomic mass is 9.79. The molecule has 0 aliphatic carbocycles. The zero-order valence-electron chi connectivity index (χ0n) is 39.9. The number of imidazole rings is 1. The van der Waals surface area contributed by atoms with Crippen molar-refractivity contribution in [1.82, 2.24) is 19.7 Å². The van der Waals surface area contributed by atoms with Crippen molar-refractivity contribution in [3.05, 3.63) is 198 Å². The highest BCUT2D eigenvalue weighted by Gasteiger charge is 2.30. The van der Waals surface area contributed by atoms with Gasteiger partial charge in [0.15, 0.2) is 0 Å². The first-order valence-electron chi connectivity index (χ1n) is 23.2. The number of aromatic nitrogens is 4. The number of hydrogen-bond donors (Lipinski definition) is 1. The molecule has 5 nitrogen and oxygen atoms in total. The number of para-hydroxylation sites is 1. The summed E-state index contributed by atoms with van der Waals surface area (Å²) in [4.78, 5) is 5.76. The van der Waals surface area contributed by atoms with Crippen LogP contribution in [-0.4, -0.2) is 24.9 Å². The van der Waals surface area contributed by atoms with Gasteiger partial charge in [0.1, 0.15) is 11.6 Å². The van der Waals surface area contributed by atoms with Gasteiger partial charge in [0, 0.05) is 33.2 Å². The second-order valence-electron chi connectivity index (χ2n) is 20.2. The summed E-state index contributed by atoms with van der Waals surface area (Å²) in [5.41, 5.74) is 18.8. The smallest absolute Gasteiger partial charge is 0.149 e. The van der Waals surface area contributed by atoms with Gasteiger partial charge >= 0.3 is 0 Å². The van der Waals surface area contributed by atoms with Gasteiger partial charge in [-0.3, -0.25) is 4.57 Å². The van der Waals surface area contributed by atoms with Gasteiger partial charge in [-0.15, -0.1) is 0 Å². The van der Waals surface area contributed by atoms with Crippen molar-refractivity contribution in [2.45, 2.75) is 73.1 Å². The molecule has 0 fully saturated rings. The van der Waals surface area contributed by atoms with Gasteiger partial charge in [-0.1, -0.05) is 174 Å². The maximum Gasteiger partial charge on any atom is 0.149 e. The molecular weight excluding hydrogens is 817 g/mol. The van der Waals surface area contributed by atoms with E-state index in [9.17, 15) is 5.11 Å². The molecule has 0 aliphatic heterocycles. The number of fused-ring (bicyclic) bond motifs is 2. The third-order valence-electron chi connectivity index (χ3n) is 13.2. The van der Waals surface area contributed by atoms with Crippen molar-refractivity contribution in [2.24, 2.45) is 0 Å². The fourth-order valence-corrected chi connectivity index (χ4v) is 9.90. The number of benzene rings is 8. The lowest BCUT2D eigenvalue weighted by Gasteiger charge is -2.28. The zero-order valence-corrected chi connectivity index (χ0v) is 39.9. The number of phenolic OH excluding ortho intramolecular Hbond substituents is 1. The van der Waals surface area contributed by atoms with Crippen molar-refractivity contribution in [1.29, 1.82) is 0 Å². The molecule has 8 aromatic carbocycles. The summed E-state index contributed by atoms with van der Waals surface area (Å²) in [7, 11) is 0. The Morgan fingerprint density at radius 2 is 1.16 bits per heavy atom. The molecule has 0 saturated carbocycles. The van der Waals surface area contributed by atoms with Crippen LogP contribution < -0.4 is 0 Å². The Balaban J connectivity index is 1.33. The molecule has 2 aromatic heterocycles. The normalized spacial score (nSPS) is 12.0. The number of aryl methyl sites for hydroxylation is 3. The topological polar surface area (TPSA) is 63.8 Å². The minimum atomic E-state index is -0.347. The summed E-state index contributed by atoms with van der Waals surface area (Å²) >= 11 is 0. The molecule has 1 N–H and O–H groups in total. The lowest BCUT2D eigenvalue weighted by molar-refractivity contribution is 0.446. The van der Waals surface area contributed by atoms with Crippen LogP contribution in [0.5, 0.6) is 5.75 Å². The van der Waals surface area contributed by atoms with Crippen molar-refractivity contribution in [2.75, 3.05) is 0 Å². The number of rotatable bonds is 7. The Hall–Kier alpha value is -7.63. The van der Waals surface area contributed by atoms with Crippen molar-refractivity contribution in [3.8, 4) is 78.6 Å². The Labute approximate surface area is 394 Å². The summed E-state index contributed by atoms with van der Waals surface area (Å²) in [6.45, 7) is 19.8. The van der Waals surface area contributed by atoms with Crippen molar-refractivity contribution in [3.63, 3.8) is 0 Å². The second-order valence-corrected chi connectivity index (χ2v) is 20.2. The van der Waals surface area contributed by atoms with E-state index in [1.807, 2.05) is 12.3 Å². The predicted octanol–water partition coefficient (Wildman–Crippen LogP) is 16.2. The summed E-state index contributed by atoms with van der Waals surface area (Å²) in [5, 5.41) is 24.2. The Morgan fingerprint density at radius 1 is 0.507 bits per heavy atom. The average molecular weight is 873 g/mol. The molecule has 0 spiro atoms. The molecule has 0 atom stereocenters. The monoisotopic (exact) mass is 872 g/mol. The Bertz CT molecular complexity index is 3490. The molecule has 0 bridgehead atoms. The van der Waals surface area contributed by atoms with Crippen LogP contribution in [0.3, 0.4) is 0 Å². The summed E-state index contributed by atoms with van der Waals surface area (Å²) < 4.78 is 2.31. The minimum absolute atomic E-state index is 0.205. The first-order chi connectivity index (χ1) is 32.1. The number of hydrogen-bond acceptors (Lipinski definition) is 4. The van der Waals surface area contributed by atoms with Gasteiger partial charge in [0.2, 0.25) is 0 Å². The van der Waals surface area contributed by atoms with Crippen molar-refractivity contribution >= 4 is 21.8 Å². The highest BCUT2D eigenvalue weighted by Crippen LogP contribution is 2.47.